The van der Waals surface area contributed by atoms with E-state index in [0.29, 0.717) is 0 Å². The van der Waals surface area contributed by atoms with Crippen LogP contribution in [0.3, 0.4) is 0 Å². The second-order valence-electron chi connectivity index (χ2n) is 2.85. The summed E-state index contributed by atoms with van der Waals surface area (Å²) in [4.78, 5) is 0. The van der Waals surface area contributed by atoms with Crippen molar-refractivity contribution in [2.75, 3.05) is 0 Å². The Morgan fingerprint density at radius 1 is 1.64 bits per heavy atom. The normalized spacial score (nSPS) is 30.0. The van der Waals surface area contributed by atoms with Crippen LogP contribution in [0.15, 0.2) is 16.9 Å². The van der Waals surface area contributed by atoms with Crippen LogP contribution in [0.2, 0.25) is 0 Å². The molecule has 0 aliphatic heterocycles. The third kappa shape index (κ3) is 1.20. The molecule has 3 nitrogen and oxygen atoms in total. The Morgan fingerprint density at radius 2 is 2.45 bits per heavy atom. The number of hydrogen-bond acceptors (Lipinski definition) is 2. The Kier molecular flexibility index (Phi) is 1.73. The van der Waals surface area contributed by atoms with Crippen molar-refractivity contribution in [1.82, 2.24) is 9.78 Å². The summed E-state index contributed by atoms with van der Waals surface area (Å²) >= 11 is 3.31. The fourth-order valence-electron chi connectivity index (χ4n) is 1.27. The van der Waals surface area contributed by atoms with Crippen molar-refractivity contribution >= 4 is 15.9 Å². The van der Waals surface area contributed by atoms with Gasteiger partial charge in [0.25, 0.3) is 0 Å². The quantitative estimate of drug-likeness (QED) is 0.770. The second-order valence-corrected chi connectivity index (χ2v) is 3.77. The lowest BCUT2D eigenvalue weighted by atomic mass is 9.89. The molecule has 0 saturated heterocycles. The number of aliphatic hydroxyl groups excluding tert-OH is 1. The molecule has 60 valence electrons. The molecule has 4 heteroatoms. The van der Waals surface area contributed by atoms with Crippen molar-refractivity contribution in [3.05, 3.63) is 16.9 Å². The van der Waals surface area contributed by atoms with E-state index < -0.39 is 0 Å². The number of halogens is 1. The maximum Gasteiger partial charge on any atom is 0.0779 e. The Labute approximate surface area is 73.2 Å². The maximum atomic E-state index is 9.29. The van der Waals surface area contributed by atoms with Crippen LogP contribution in [-0.2, 0) is 0 Å². The van der Waals surface area contributed by atoms with E-state index in [4.69, 9.17) is 0 Å². The van der Waals surface area contributed by atoms with Crippen LogP contribution in [0.5, 0.6) is 0 Å². The number of nitrogens with zero attached hydrogens (tertiary/aromatic N) is 2. The minimum atomic E-state index is -0.193. The third-order valence-corrected chi connectivity index (χ3v) is 2.52. The molecule has 2 rings (SSSR count). The molecular weight excluding hydrogens is 208 g/mol. The molecule has 0 amide bonds. The first kappa shape index (κ1) is 7.31. The maximum absolute atomic E-state index is 9.29. The second kappa shape index (κ2) is 2.60. The Hall–Kier alpha value is -0.350. The van der Waals surface area contributed by atoms with Crippen molar-refractivity contribution in [2.45, 2.75) is 25.0 Å². The summed E-state index contributed by atoms with van der Waals surface area (Å²) < 4.78 is 2.79. The van der Waals surface area contributed by atoms with E-state index in [0.717, 1.165) is 17.3 Å². The molecule has 1 saturated carbocycles. The van der Waals surface area contributed by atoms with Crippen LogP contribution in [-0.4, -0.2) is 21.0 Å². The molecule has 1 N–H and O–H groups in total. The van der Waals surface area contributed by atoms with E-state index in [1.165, 1.54) is 0 Å². The van der Waals surface area contributed by atoms with Gasteiger partial charge in [-0.2, -0.15) is 5.10 Å². The SMILES string of the molecule is O[C@H]1CC[C@H]1n1cc(Br)cn1. The van der Waals surface area contributed by atoms with Gasteiger partial charge in [0.15, 0.2) is 0 Å². The highest BCUT2D eigenvalue weighted by atomic mass is 79.9. The van der Waals surface area contributed by atoms with Crippen LogP contribution >= 0.6 is 15.9 Å². The van der Waals surface area contributed by atoms with E-state index in [2.05, 4.69) is 21.0 Å². The minimum Gasteiger partial charge on any atom is -0.391 e. The molecule has 1 aromatic rings. The van der Waals surface area contributed by atoms with Crippen molar-refractivity contribution in [2.24, 2.45) is 0 Å². The number of aliphatic hydroxyl groups is 1. The molecular formula is C7H9BrN2O. The zero-order valence-electron chi connectivity index (χ0n) is 5.94. The Balaban J connectivity index is 2.16. The lowest BCUT2D eigenvalue weighted by molar-refractivity contribution is 0.0253. The molecule has 2 atom stereocenters. The fraction of sp³-hybridized carbons (Fsp3) is 0.571. The smallest absolute Gasteiger partial charge is 0.0779 e. The molecule has 1 aliphatic carbocycles. The average molecular weight is 217 g/mol. The summed E-state index contributed by atoms with van der Waals surface area (Å²) in [7, 11) is 0. The minimum absolute atomic E-state index is 0.193. The van der Waals surface area contributed by atoms with Crippen molar-refractivity contribution in [3.8, 4) is 0 Å². The number of aromatic nitrogens is 2. The van der Waals surface area contributed by atoms with Gasteiger partial charge in [0.2, 0.25) is 0 Å². The van der Waals surface area contributed by atoms with Gasteiger partial charge in [-0.15, -0.1) is 0 Å². The fourth-order valence-corrected chi connectivity index (χ4v) is 1.57. The summed E-state index contributed by atoms with van der Waals surface area (Å²) in [5, 5.41) is 13.4. The van der Waals surface area contributed by atoms with Gasteiger partial charge in [0.05, 0.1) is 22.8 Å². The van der Waals surface area contributed by atoms with Crippen LogP contribution < -0.4 is 0 Å². The number of hydrogen-bond donors (Lipinski definition) is 1. The lowest BCUT2D eigenvalue weighted by Gasteiger charge is -2.32. The Bertz CT molecular complexity index is 261. The third-order valence-electron chi connectivity index (χ3n) is 2.11. The topological polar surface area (TPSA) is 38.0 Å². The van der Waals surface area contributed by atoms with E-state index >= 15 is 0 Å². The molecule has 1 aromatic heterocycles. The van der Waals surface area contributed by atoms with Gasteiger partial charge in [-0.3, -0.25) is 4.68 Å². The van der Waals surface area contributed by atoms with Gasteiger partial charge in [-0.05, 0) is 28.8 Å². The van der Waals surface area contributed by atoms with Gasteiger partial charge in [-0.25, -0.2) is 0 Å². The van der Waals surface area contributed by atoms with Gasteiger partial charge in [0, 0.05) is 6.20 Å². The zero-order chi connectivity index (χ0) is 7.84. The van der Waals surface area contributed by atoms with Crippen LogP contribution in [0.4, 0.5) is 0 Å². The molecule has 1 fully saturated rings. The highest BCUT2D eigenvalue weighted by Gasteiger charge is 2.30. The first-order valence-corrected chi connectivity index (χ1v) is 4.44. The van der Waals surface area contributed by atoms with Gasteiger partial charge in [-0.1, -0.05) is 0 Å². The summed E-state index contributed by atoms with van der Waals surface area (Å²) in [6.07, 6.45) is 5.39. The van der Waals surface area contributed by atoms with Gasteiger partial charge >= 0.3 is 0 Å². The standard InChI is InChI=1S/C7H9BrN2O/c8-5-3-9-10(4-5)6-1-2-7(6)11/h3-4,6-7,11H,1-2H2/t6-,7+/m1/s1. The molecule has 1 heterocycles. The molecule has 0 spiro atoms. The van der Waals surface area contributed by atoms with Gasteiger partial charge < -0.3 is 5.11 Å². The molecule has 0 unspecified atom stereocenters. The first-order valence-electron chi connectivity index (χ1n) is 3.65. The molecule has 0 radical (unpaired) electrons. The predicted octanol–water partition coefficient (Wildman–Crippen LogP) is 1.34. The molecule has 0 bridgehead atoms. The van der Waals surface area contributed by atoms with Crippen molar-refractivity contribution in [1.29, 1.82) is 0 Å². The highest BCUT2D eigenvalue weighted by Crippen LogP contribution is 2.31. The number of rotatable bonds is 1. The summed E-state index contributed by atoms with van der Waals surface area (Å²) in [5.41, 5.74) is 0. The first-order chi connectivity index (χ1) is 5.27. The van der Waals surface area contributed by atoms with Crippen LogP contribution in [0.1, 0.15) is 18.9 Å². The largest absolute Gasteiger partial charge is 0.391 e. The van der Waals surface area contributed by atoms with Crippen LogP contribution in [0, 0.1) is 0 Å². The summed E-state index contributed by atoms with van der Waals surface area (Å²) in [6, 6.07) is 0.210. The predicted molar refractivity (Wildman–Crippen MR) is 44.2 cm³/mol. The lowest BCUT2D eigenvalue weighted by Crippen LogP contribution is -2.33. The molecule has 0 aromatic carbocycles. The molecule has 1 aliphatic rings. The van der Waals surface area contributed by atoms with E-state index in [9.17, 15) is 5.11 Å². The monoisotopic (exact) mass is 216 g/mol. The van der Waals surface area contributed by atoms with E-state index in [1.54, 1.807) is 6.20 Å². The van der Waals surface area contributed by atoms with Crippen molar-refractivity contribution < 1.29 is 5.11 Å². The van der Waals surface area contributed by atoms with Gasteiger partial charge in [0.1, 0.15) is 0 Å². The van der Waals surface area contributed by atoms with Crippen LogP contribution in [0.25, 0.3) is 0 Å². The molecule has 11 heavy (non-hydrogen) atoms. The Morgan fingerprint density at radius 3 is 2.82 bits per heavy atom. The summed E-state index contributed by atoms with van der Waals surface area (Å²) in [6.45, 7) is 0. The average Bonchev–Trinajstić information content (AvgIpc) is 2.33. The van der Waals surface area contributed by atoms with Crippen molar-refractivity contribution in [3.63, 3.8) is 0 Å². The van der Waals surface area contributed by atoms with E-state index in [-0.39, 0.29) is 12.1 Å². The zero-order valence-corrected chi connectivity index (χ0v) is 7.53. The highest BCUT2D eigenvalue weighted by molar-refractivity contribution is 9.10. The summed E-state index contributed by atoms with van der Waals surface area (Å²) in [5.74, 6) is 0. The van der Waals surface area contributed by atoms with E-state index in [1.807, 2.05) is 10.9 Å².